The van der Waals surface area contributed by atoms with Crippen LogP contribution in [0.1, 0.15) is 49.1 Å². The molecule has 2 aromatic rings. The fraction of sp³-hybridized carbons (Fsp3) is 0.536. The molecule has 0 spiro atoms. The van der Waals surface area contributed by atoms with Crippen LogP contribution in [0.15, 0.2) is 60.7 Å². The summed E-state index contributed by atoms with van der Waals surface area (Å²) in [5.74, 6) is 0.447. The standard InChI is InChI=1S/C28H40N4O/c1-29-21-25-15-20-32(28(33)27(30-25)16-19-31-17-9-4-10-18-31)22-26(23-11-5-2-6-12-23)24-13-7-3-8-14-24/h2-3,5-8,11-14,25-27,29-30H,4,9-10,15-22H2,1H3/t25-,27-/m0/s1. The molecule has 2 aliphatic heterocycles. The molecule has 4 rings (SSSR count). The van der Waals surface area contributed by atoms with Crippen molar-refractivity contribution >= 4 is 5.91 Å². The average molecular weight is 449 g/mol. The average Bonchev–Trinajstić information content (AvgIpc) is 3.01. The van der Waals surface area contributed by atoms with Gasteiger partial charge in [-0.05, 0) is 56.9 Å². The molecular weight excluding hydrogens is 408 g/mol. The number of hydrogen-bond acceptors (Lipinski definition) is 4. The number of nitrogens with zero attached hydrogens (tertiary/aromatic N) is 2. The first-order valence-electron chi connectivity index (χ1n) is 12.8. The number of nitrogens with one attached hydrogen (secondary N) is 2. The van der Waals surface area contributed by atoms with Gasteiger partial charge in [-0.1, -0.05) is 67.1 Å². The maximum Gasteiger partial charge on any atom is 0.239 e. The van der Waals surface area contributed by atoms with Gasteiger partial charge in [-0.15, -0.1) is 0 Å². The predicted octanol–water partition coefficient (Wildman–Crippen LogP) is 3.47. The van der Waals surface area contributed by atoms with Crippen LogP contribution in [0.25, 0.3) is 0 Å². The molecule has 0 aromatic heterocycles. The van der Waals surface area contributed by atoms with E-state index in [1.165, 1.54) is 43.5 Å². The Bertz CT molecular complexity index is 798. The maximum atomic E-state index is 13.8. The van der Waals surface area contributed by atoms with E-state index in [-0.39, 0.29) is 17.9 Å². The second-order valence-corrected chi connectivity index (χ2v) is 9.61. The highest BCUT2D eigenvalue weighted by Crippen LogP contribution is 2.27. The topological polar surface area (TPSA) is 47.6 Å². The van der Waals surface area contributed by atoms with E-state index in [2.05, 4.69) is 81.1 Å². The van der Waals surface area contributed by atoms with Crippen molar-refractivity contribution in [2.24, 2.45) is 0 Å². The molecule has 0 bridgehead atoms. The third-order valence-electron chi connectivity index (χ3n) is 7.23. The fourth-order valence-electron chi connectivity index (χ4n) is 5.37. The van der Waals surface area contributed by atoms with Crippen molar-refractivity contribution in [2.75, 3.05) is 46.3 Å². The largest absolute Gasteiger partial charge is 0.340 e. The van der Waals surface area contributed by atoms with Crippen LogP contribution in [0.4, 0.5) is 0 Å². The van der Waals surface area contributed by atoms with Crippen LogP contribution in [0, 0.1) is 0 Å². The van der Waals surface area contributed by atoms with E-state index in [0.717, 1.165) is 39.0 Å². The number of likely N-dealkylation sites (N-methyl/N-ethyl adjacent to an activating group) is 1. The Labute approximate surface area is 199 Å². The van der Waals surface area contributed by atoms with Gasteiger partial charge < -0.3 is 20.4 Å². The number of piperidine rings is 1. The molecular formula is C28H40N4O. The van der Waals surface area contributed by atoms with Gasteiger partial charge in [0.05, 0.1) is 6.04 Å². The SMILES string of the molecule is CNC[C@@H]1CCN(CC(c2ccccc2)c2ccccc2)C(=O)[C@H](CCN2CCCCC2)N1. The Morgan fingerprint density at radius 2 is 1.58 bits per heavy atom. The molecule has 5 heteroatoms. The number of likely N-dealkylation sites (tertiary alicyclic amines) is 1. The summed E-state index contributed by atoms with van der Waals surface area (Å²) in [7, 11) is 2.00. The lowest BCUT2D eigenvalue weighted by Gasteiger charge is -2.31. The molecule has 178 valence electrons. The van der Waals surface area contributed by atoms with E-state index in [1.807, 2.05) is 7.05 Å². The molecule has 0 unspecified atom stereocenters. The molecule has 0 saturated carbocycles. The number of amides is 1. The van der Waals surface area contributed by atoms with Crippen LogP contribution in [0.2, 0.25) is 0 Å². The van der Waals surface area contributed by atoms with Crippen LogP contribution in [0.5, 0.6) is 0 Å². The first-order chi connectivity index (χ1) is 16.2. The molecule has 2 saturated heterocycles. The maximum absolute atomic E-state index is 13.8. The van der Waals surface area contributed by atoms with Crippen LogP contribution in [-0.4, -0.2) is 74.1 Å². The van der Waals surface area contributed by atoms with Crippen LogP contribution in [0.3, 0.4) is 0 Å². The molecule has 1 amide bonds. The number of benzene rings is 2. The second-order valence-electron chi connectivity index (χ2n) is 9.61. The summed E-state index contributed by atoms with van der Waals surface area (Å²) >= 11 is 0. The molecule has 2 heterocycles. The quantitative estimate of drug-likeness (QED) is 0.617. The summed E-state index contributed by atoms with van der Waals surface area (Å²) in [4.78, 5) is 18.5. The van der Waals surface area contributed by atoms with E-state index in [0.29, 0.717) is 6.04 Å². The Morgan fingerprint density at radius 1 is 0.939 bits per heavy atom. The Morgan fingerprint density at radius 3 is 2.18 bits per heavy atom. The molecule has 2 fully saturated rings. The third-order valence-corrected chi connectivity index (χ3v) is 7.23. The zero-order valence-electron chi connectivity index (χ0n) is 20.1. The molecule has 33 heavy (non-hydrogen) atoms. The summed E-state index contributed by atoms with van der Waals surface area (Å²) in [5, 5.41) is 7.02. The van der Waals surface area contributed by atoms with Crippen molar-refractivity contribution in [2.45, 2.75) is 50.1 Å². The van der Waals surface area contributed by atoms with Gasteiger partial charge in [0.1, 0.15) is 0 Å². The first kappa shape index (κ1) is 23.9. The van der Waals surface area contributed by atoms with Crippen molar-refractivity contribution in [3.63, 3.8) is 0 Å². The summed E-state index contributed by atoms with van der Waals surface area (Å²) in [6.07, 6.45) is 5.78. The highest BCUT2D eigenvalue weighted by atomic mass is 16.2. The van der Waals surface area contributed by atoms with Crippen molar-refractivity contribution in [1.29, 1.82) is 0 Å². The van der Waals surface area contributed by atoms with E-state index >= 15 is 0 Å². The normalized spacial score (nSPS) is 22.5. The molecule has 2 aromatic carbocycles. The lowest BCUT2D eigenvalue weighted by molar-refractivity contribution is -0.133. The van der Waals surface area contributed by atoms with Crippen molar-refractivity contribution in [3.05, 3.63) is 71.8 Å². The van der Waals surface area contributed by atoms with Crippen molar-refractivity contribution in [1.82, 2.24) is 20.4 Å². The Hall–Kier alpha value is -2.21. The number of hydrogen-bond donors (Lipinski definition) is 2. The second kappa shape index (κ2) is 12.3. The number of rotatable bonds is 9. The minimum atomic E-state index is -0.111. The molecule has 0 aliphatic carbocycles. The van der Waals surface area contributed by atoms with Crippen LogP contribution >= 0.6 is 0 Å². The Kier molecular flexibility index (Phi) is 8.93. The predicted molar refractivity (Wildman–Crippen MR) is 135 cm³/mol. The number of carbonyl (C=O) groups excluding carboxylic acids is 1. The minimum Gasteiger partial charge on any atom is -0.340 e. The molecule has 2 N–H and O–H groups in total. The molecule has 2 aliphatic rings. The van der Waals surface area contributed by atoms with Gasteiger partial charge in [-0.3, -0.25) is 4.79 Å². The van der Waals surface area contributed by atoms with Gasteiger partial charge in [0.25, 0.3) is 0 Å². The zero-order chi connectivity index (χ0) is 22.9. The summed E-state index contributed by atoms with van der Waals surface area (Å²) in [6, 6.07) is 21.5. The minimum absolute atomic E-state index is 0.111. The van der Waals surface area contributed by atoms with Crippen LogP contribution in [-0.2, 0) is 4.79 Å². The third kappa shape index (κ3) is 6.66. The fourth-order valence-corrected chi connectivity index (χ4v) is 5.37. The van der Waals surface area contributed by atoms with Gasteiger partial charge in [0, 0.05) is 38.1 Å². The van der Waals surface area contributed by atoms with Crippen molar-refractivity contribution in [3.8, 4) is 0 Å². The smallest absolute Gasteiger partial charge is 0.239 e. The highest BCUT2D eigenvalue weighted by molar-refractivity contribution is 5.82. The molecule has 0 radical (unpaired) electrons. The van der Waals surface area contributed by atoms with E-state index in [4.69, 9.17) is 0 Å². The lowest BCUT2D eigenvalue weighted by atomic mass is 9.90. The van der Waals surface area contributed by atoms with Gasteiger partial charge in [0.2, 0.25) is 5.91 Å². The monoisotopic (exact) mass is 448 g/mol. The lowest BCUT2D eigenvalue weighted by Crippen LogP contribution is -2.50. The summed E-state index contributed by atoms with van der Waals surface area (Å²) in [6.45, 7) is 5.77. The number of carbonyl (C=O) groups is 1. The van der Waals surface area contributed by atoms with Gasteiger partial charge in [-0.25, -0.2) is 0 Å². The Balaban J connectivity index is 1.51. The molecule has 5 nitrogen and oxygen atoms in total. The highest BCUT2D eigenvalue weighted by Gasteiger charge is 2.32. The van der Waals surface area contributed by atoms with E-state index in [1.54, 1.807) is 0 Å². The summed E-state index contributed by atoms with van der Waals surface area (Å²) < 4.78 is 0. The zero-order valence-corrected chi connectivity index (χ0v) is 20.1. The first-order valence-corrected chi connectivity index (χ1v) is 12.8. The van der Waals surface area contributed by atoms with Gasteiger partial charge in [0.15, 0.2) is 0 Å². The van der Waals surface area contributed by atoms with E-state index in [9.17, 15) is 4.79 Å². The van der Waals surface area contributed by atoms with Crippen LogP contribution < -0.4 is 10.6 Å². The van der Waals surface area contributed by atoms with E-state index < -0.39 is 0 Å². The van der Waals surface area contributed by atoms with Crippen molar-refractivity contribution < 1.29 is 4.79 Å². The van der Waals surface area contributed by atoms with Gasteiger partial charge in [-0.2, -0.15) is 0 Å². The summed E-state index contributed by atoms with van der Waals surface area (Å²) in [5.41, 5.74) is 2.54. The molecule has 2 atom stereocenters. The van der Waals surface area contributed by atoms with Gasteiger partial charge >= 0.3 is 0 Å².